The molecule has 0 aliphatic rings. The summed E-state index contributed by atoms with van der Waals surface area (Å²) in [5.74, 6) is 0. The fraction of sp³-hybridized carbons (Fsp3) is 0.778. The van der Waals surface area contributed by atoms with Crippen molar-refractivity contribution in [1.29, 1.82) is 0 Å². The molecule has 0 fully saturated rings. The van der Waals surface area contributed by atoms with E-state index in [1.165, 1.54) is 11.7 Å². The summed E-state index contributed by atoms with van der Waals surface area (Å²) < 4.78 is 27.9. The van der Waals surface area contributed by atoms with Gasteiger partial charge in [-0.2, -0.15) is 0 Å². The van der Waals surface area contributed by atoms with Gasteiger partial charge in [-0.05, 0) is 28.9 Å². The van der Waals surface area contributed by atoms with E-state index in [2.05, 4.69) is 36.3 Å². The maximum absolute atomic E-state index is 12.0. The Labute approximate surface area is 116 Å². The number of hydrogen-bond donors (Lipinski definition) is 2. The normalized spacial score (nSPS) is 12.3. The van der Waals surface area contributed by atoms with E-state index in [0.717, 1.165) is 13.0 Å². The standard InChI is InChI=1S/C9H18BrN5O2S/c1-7(2)11-5-4-6-12-18(16,17)9-8(10)13-14-15(9)3/h7,11-12H,4-6H2,1-3H3. The van der Waals surface area contributed by atoms with Gasteiger partial charge in [-0.3, -0.25) is 0 Å². The van der Waals surface area contributed by atoms with Crippen molar-refractivity contribution in [2.24, 2.45) is 7.05 Å². The first kappa shape index (κ1) is 15.5. The van der Waals surface area contributed by atoms with Gasteiger partial charge in [-0.25, -0.2) is 17.8 Å². The highest BCUT2D eigenvalue weighted by molar-refractivity contribution is 9.10. The molecule has 0 amide bonds. The zero-order valence-corrected chi connectivity index (χ0v) is 13.0. The lowest BCUT2D eigenvalue weighted by molar-refractivity contribution is 0.545. The van der Waals surface area contributed by atoms with Gasteiger partial charge in [0.15, 0.2) is 4.60 Å². The molecule has 1 rings (SSSR count). The van der Waals surface area contributed by atoms with Gasteiger partial charge in [0, 0.05) is 19.6 Å². The molecule has 18 heavy (non-hydrogen) atoms. The molecule has 1 aromatic heterocycles. The molecule has 104 valence electrons. The molecular formula is C9H18BrN5O2S. The average Bonchev–Trinajstić information content (AvgIpc) is 2.57. The lowest BCUT2D eigenvalue weighted by atomic mass is 10.3. The van der Waals surface area contributed by atoms with E-state index in [4.69, 9.17) is 0 Å². The SMILES string of the molecule is CC(C)NCCCNS(=O)(=O)c1c(Br)nnn1C. The van der Waals surface area contributed by atoms with Crippen LogP contribution in [0.2, 0.25) is 0 Å². The average molecular weight is 340 g/mol. The first-order valence-corrected chi connectivity index (χ1v) is 7.90. The lowest BCUT2D eigenvalue weighted by Gasteiger charge is -2.09. The van der Waals surface area contributed by atoms with Crippen molar-refractivity contribution in [1.82, 2.24) is 25.0 Å². The molecule has 0 spiro atoms. The Hall–Kier alpha value is -0.510. The van der Waals surface area contributed by atoms with Crippen molar-refractivity contribution in [2.45, 2.75) is 31.3 Å². The molecule has 0 saturated heterocycles. The van der Waals surface area contributed by atoms with Crippen LogP contribution in [0.5, 0.6) is 0 Å². The molecular weight excluding hydrogens is 322 g/mol. The van der Waals surface area contributed by atoms with Crippen molar-refractivity contribution < 1.29 is 8.42 Å². The predicted molar refractivity (Wildman–Crippen MR) is 71.6 cm³/mol. The second-order valence-electron chi connectivity index (χ2n) is 4.17. The van der Waals surface area contributed by atoms with Gasteiger partial charge in [0.2, 0.25) is 5.03 Å². The van der Waals surface area contributed by atoms with E-state index in [0.29, 0.717) is 12.6 Å². The molecule has 0 aromatic carbocycles. The van der Waals surface area contributed by atoms with E-state index in [1.807, 2.05) is 13.8 Å². The fourth-order valence-electron chi connectivity index (χ4n) is 1.36. The maximum Gasteiger partial charge on any atom is 0.260 e. The van der Waals surface area contributed by atoms with Crippen molar-refractivity contribution >= 4 is 26.0 Å². The monoisotopic (exact) mass is 339 g/mol. The molecule has 0 bridgehead atoms. The molecule has 0 unspecified atom stereocenters. The van der Waals surface area contributed by atoms with Crippen LogP contribution in [0.15, 0.2) is 9.63 Å². The Morgan fingerprint density at radius 2 is 2.06 bits per heavy atom. The number of rotatable bonds is 7. The van der Waals surface area contributed by atoms with Crippen LogP contribution in [-0.2, 0) is 17.1 Å². The van der Waals surface area contributed by atoms with Gasteiger partial charge in [0.25, 0.3) is 10.0 Å². The number of hydrogen-bond acceptors (Lipinski definition) is 5. The summed E-state index contributed by atoms with van der Waals surface area (Å²) >= 11 is 3.07. The molecule has 0 atom stereocenters. The largest absolute Gasteiger partial charge is 0.314 e. The number of halogens is 1. The number of aryl methyl sites for hydroxylation is 1. The Kier molecular flexibility index (Phi) is 5.70. The Bertz CT molecular complexity index is 466. The van der Waals surface area contributed by atoms with Crippen molar-refractivity contribution in [2.75, 3.05) is 13.1 Å². The minimum absolute atomic E-state index is 0.0410. The maximum atomic E-state index is 12.0. The second kappa shape index (κ2) is 6.60. The summed E-state index contributed by atoms with van der Waals surface area (Å²) in [7, 11) is -2.03. The van der Waals surface area contributed by atoms with E-state index in [9.17, 15) is 8.42 Å². The van der Waals surface area contributed by atoms with Crippen LogP contribution in [-0.4, -0.2) is 42.5 Å². The molecule has 9 heteroatoms. The van der Waals surface area contributed by atoms with Crippen LogP contribution < -0.4 is 10.0 Å². The zero-order chi connectivity index (χ0) is 13.8. The summed E-state index contributed by atoms with van der Waals surface area (Å²) in [6.45, 7) is 5.23. The summed E-state index contributed by atoms with van der Waals surface area (Å²) in [6.07, 6.45) is 0.723. The third-order valence-corrected chi connectivity index (χ3v) is 4.54. The molecule has 0 aliphatic heterocycles. The topological polar surface area (TPSA) is 88.9 Å². The summed E-state index contributed by atoms with van der Waals surface area (Å²) in [5.41, 5.74) is 0. The lowest BCUT2D eigenvalue weighted by Crippen LogP contribution is -2.30. The van der Waals surface area contributed by atoms with Crippen LogP contribution in [0.4, 0.5) is 0 Å². The van der Waals surface area contributed by atoms with Crippen LogP contribution in [0.3, 0.4) is 0 Å². The molecule has 1 heterocycles. The van der Waals surface area contributed by atoms with Crippen LogP contribution in [0.1, 0.15) is 20.3 Å². The predicted octanol–water partition coefficient (Wildman–Crippen LogP) is 0.244. The molecule has 1 aromatic rings. The number of aromatic nitrogens is 3. The van der Waals surface area contributed by atoms with E-state index >= 15 is 0 Å². The van der Waals surface area contributed by atoms with Gasteiger partial charge in [0.05, 0.1) is 0 Å². The van der Waals surface area contributed by atoms with Gasteiger partial charge in [-0.15, -0.1) is 5.10 Å². The Morgan fingerprint density at radius 3 is 2.56 bits per heavy atom. The molecule has 7 nitrogen and oxygen atoms in total. The smallest absolute Gasteiger partial charge is 0.260 e. The van der Waals surface area contributed by atoms with Crippen molar-refractivity contribution in [3.8, 4) is 0 Å². The van der Waals surface area contributed by atoms with Crippen LogP contribution >= 0.6 is 15.9 Å². The van der Waals surface area contributed by atoms with Gasteiger partial charge in [0.1, 0.15) is 0 Å². The summed E-state index contributed by atoms with van der Waals surface area (Å²) in [5, 5.41) is 10.5. The van der Waals surface area contributed by atoms with E-state index < -0.39 is 10.0 Å². The molecule has 2 N–H and O–H groups in total. The number of nitrogens with zero attached hydrogens (tertiary/aromatic N) is 3. The highest BCUT2D eigenvalue weighted by Gasteiger charge is 2.22. The molecule has 0 radical (unpaired) electrons. The fourth-order valence-corrected chi connectivity index (χ4v) is 3.53. The van der Waals surface area contributed by atoms with Crippen LogP contribution in [0, 0.1) is 0 Å². The van der Waals surface area contributed by atoms with Gasteiger partial charge >= 0.3 is 0 Å². The van der Waals surface area contributed by atoms with Crippen molar-refractivity contribution in [3.05, 3.63) is 4.60 Å². The third kappa shape index (κ3) is 4.30. The van der Waals surface area contributed by atoms with Gasteiger partial charge in [-0.1, -0.05) is 19.1 Å². The summed E-state index contributed by atoms with van der Waals surface area (Å²) in [4.78, 5) is 0. The van der Waals surface area contributed by atoms with Crippen LogP contribution in [0.25, 0.3) is 0 Å². The number of nitrogens with one attached hydrogen (secondary N) is 2. The van der Waals surface area contributed by atoms with E-state index in [-0.39, 0.29) is 9.63 Å². The Morgan fingerprint density at radius 1 is 1.39 bits per heavy atom. The number of sulfonamides is 1. The van der Waals surface area contributed by atoms with Gasteiger partial charge < -0.3 is 5.32 Å². The highest BCUT2D eigenvalue weighted by atomic mass is 79.9. The quantitative estimate of drug-likeness (QED) is 0.695. The second-order valence-corrected chi connectivity index (χ2v) is 6.60. The van der Waals surface area contributed by atoms with Crippen molar-refractivity contribution in [3.63, 3.8) is 0 Å². The highest BCUT2D eigenvalue weighted by Crippen LogP contribution is 2.17. The summed E-state index contributed by atoms with van der Waals surface area (Å²) in [6, 6.07) is 0.400. The van der Waals surface area contributed by atoms with E-state index in [1.54, 1.807) is 0 Å². The third-order valence-electron chi connectivity index (χ3n) is 2.19. The Balaban J connectivity index is 2.51. The minimum atomic E-state index is -3.57. The molecule has 0 saturated carbocycles. The first-order chi connectivity index (χ1) is 8.34. The molecule has 0 aliphatic carbocycles. The zero-order valence-electron chi connectivity index (χ0n) is 10.6. The minimum Gasteiger partial charge on any atom is -0.314 e. The first-order valence-electron chi connectivity index (χ1n) is 5.63.